The van der Waals surface area contributed by atoms with E-state index in [0.29, 0.717) is 13.0 Å². The summed E-state index contributed by atoms with van der Waals surface area (Å²) in [6, 6.07) is 1.16. The van der Waals surface area contributed by atoms with Gasteiger partial charge >= 0.3 is 13.5 Å². The van der Waals surface area contributed by atoms with Gasteiger partial charge in [0.2, 0.25) is 0 Å². The second-order valence-corrected chi connectivity index (χ2v) is 7.33. The van der Waals surface area contributed by atoms with Crippen molar-refractivity contribution < 1.29 is 33.1 Å². The number of rotatable bonds is 9. The van der Waals surface area contributed by atoms with Crippen LogP contribution in [0.3, 0.4) is 0 Å². The highest BCUT2D eigenvalue weighted by Crippen LogP contribution is 2.44. The van der Waals surface area contributed by atoms with Gasteiger partial charge in [-0.05, 0) is 6.42 Å². The molecular weight excluding hydrogens is 371 g/mol. The molecule has 1 saturated heterocycles. The van der Waals surface area contributed by atoms with Gasteiger partial charge in [-0.1, -0.05) is 6.92 Å². The first kappa shape index (κ1) is 21.0. The molecular formula is C14H23N2O9P. The smallest absolute Gasteiger partial charge is 0.390 e. The molecule has 5 atom stereocenters. The Kier molecular flexibility index (Phi) is 7.30. The molecule has 1 aliphatic rings. The van der Waals surface area contributed by atoms with Crippen LogP contribution in [0.5, 0.6) is 0 Å². The molecule has 11 nitrogen and oxygen atoms in total. The lowest BCUT2D eigenvalue weighted by atomic mass is 10.0. The Balaban J connectivity index is 1.96. The summed E-state index contributed by atoms with van der Waals surface area (Å²) in [5.74, 6) is -0.520. The van der Waals surface area contributed by atoms with Gasteiger partial charge in [-0.15, -0.1) is 0 Å². The Morgan fingerprint density at radius 3 is 2.73 bits per heavy atom. The quantitative estimate of drug-likeness (QED) is 0.376. The molecule has 3 N–H and O–H groups in total. The molecule has 1 fully saturated rings. The molecule has 1 aliphatic heterocycles. The number of methoxy groups -OCH3 is 1. The summed E-state index contributed by atoms with van der Waals surface area (Å²) in [4.78, 5) is 34.7. The molecule has 0 aromatic carbocycles. The van der Waals surface area contributed by atoms with E-state index in [9.17, 15) is 24.2 Å². The van der Waals surface area contributed by atoms with E-state index in [1.165, 1.54) is 13.3 Å². The van der Waals surface area contributed by atoms with Crippen LogP contribution in [0.4, 0.5) is 0 Å². The zero-order valence-electron chi connectivity index (χ0n) is 14.4. The predicted molar refractivity (Wildman–Crippen MR) is 88.6 cm³/mol. The number of aliphatic hydroxyl groups is 1. The lowest BCUT2D eigenvalue weighted by molar-refractivity contribution is -0.0483. The zero-order valence-corrected chi connectivity index (χ0v) is 15.3. The number of aliphatic hydroxyl groups excluding tert-OH is 1. The number of nitrogens with zero attached hydrogens (tertiary/aromatic N) is 1. The van der Waals surface area contributed by atoms with Gasteiger partial charge < -0.3 is 19.5 Å². The molecule has 5 unspecified atom stereocenters. The zero-order chi connectivity index (χ0) is 19.3. The van der Waals surface area contributed by atoms with Crippen molar-refractivity contribution in [2.75, 3.05) is 26.9 Å². The molecule has 0 aliphatic carbocycles. The molecule has 148 valence electrons. The third kappa shape index (κ3) is 5.34. The highest BCUT2D eigenvalue weighted by molar-refractivity contribution is 7.47. The van der Waals surface area contributed by atoms with Gasteiger partial charge in [0.15, 0.2) is 0 Å². The highest BCUT2D eigenvalue weighted by atomic mass is 31.2. The fourth-order valence-corrected chi connectivity index (χ4v) is 3.33. The fourth-order valence-electron chi connectivity index (χ4n) is 2.56. The Bertz CT molecular complexity index is 748. The Hall–Kier alpha value is -1.33. The third-order valence-corrected chi connectivity index (χ3v) is 4.94. The maximum Gasteiger partial charge on any atom is 0.472 e. The van der Waals surface area contributed by atoms with Gasteiger partial charge in [-0.3, -0.25) is 23.4 Å². The first-order chi connectivity index (χ1) is 12.2. The summed E-state index contributed by atoms with van der Waals surface area (Å²) in [6.07, 6.45) is -1.18. The average Bonchev–Trinajstić information content (AvgIpc) is 2.85. The summed E-state index contributed by atoms with van der Waals surface area (Å²) in [5, 5.41) is 10.3. The lowest BCUT2D eigenvalue weighted by Gasteiger charge is -2.18. The van der Waals surface area contributed by atoms with Gasteiger partial charge in [0.05, 0.1) is 19.3 Å². The summed E-state index contributed by atoms with van der Waals surface area (Å²) in [7, 11) is -2.80. The molecule has 12 heteroatoms. The second kappa shape index (κ2) is 9.05. The van der Waals surface area contributed by atoms with Crippen molar-refractivity contribution in [3.63, 3.8) is 0 Å². The van der Waals surface area contributed by atoms with Crippen LogP contribution in [0.2, 0.25) is 0 Å². The molecule has 0 bridgehead atoms. The maximum atomic E-state index is 11.9. The number of hydrogen-bond donors (Lipinski definition) is 3. The van der Waals surface area contributed by atoms with Gasteiger partial charge in [-0.25, -0.2) is 9.36 Å². The number of phosphoric ester groups is 1. The van der Waals surface area contributed by atoms with Crippen LogP contribution in [-0.4, -0.2) is 58.7 Å². The van der Waals surface area contributed by atoms with E-state index >= 15 is 0 Å². The number of H-pyrrole nitrogens is 1. The van der Waals surface area contributed by atoms with E-state index in [2.05, 4.69) is 4.98 Å². The fraction of sp³-hybridized carbons (Fsp3) is 0.714. The van der Waals surface area contributed by atoms with E-state index in [-0.39, 0.29) is 6.61 Å². The van der Waals surface area contributed by atoms with Crippen molar-refractivity contribution in [1.82, 2.24) is 9.55 Å². The topological polar surface area (TPSA) is 149 Å². The standard InChI is InChI=1S/C14H23N2O9P/c1-9-12(18)10(8-24-26(20,21)23-7-3-6-22-2)25-13(9)16-5-4-11(17)15-14(16)19/h4-5,9-10,12-13,18H,3,6-8H2,1-2H3,(H,20,21)(H,15,17,19). The van der Waals surface area contributed by atoms with Crippen molar-refractivity contribution in [2.45, 2.75) is 31.8 Å². The summed E-state index contributed by atoms with van der Waals surface area (Å²) in [5.41, 5.74) is -1.23. The van der Waals surface area contributed by atoms with E-state index in [1.54, 1.807) is 6.92 Å². The lowest BCUT2D eigenvalue weighted by Crippen LogP contribution is -2.33. The van der Waals surface area contributed by atoms with Crippen LogP contribution >= 0.6 is 7.82 Å². The first-order valence-corrected chi connectivity index (χ1v) is 9.50. The third-order valence-electron chi connectivity index (χ3n) is 3.96. The number of nitrogens with one attached hydrogen (secondary N) is 1. The molecule has 2 heterocycles. The molecule has 2 rings (SSSR count). The Morgan fingerprint density at radius 1 is 1.35 bits per heavy atom. The number of phosphoric acid groups is 1. The van der Waals surface area contributed by atoms with Crippen molar-refractivity contribution >= 4 is 7.82 Å². The van der Waals surface area contributed by atoms with Gasteiger partial charge in [0, 0.05) is 31.9 Å². The van der Waals surface area contributed by atoms with Crippen LogP contribution in [0.1, 0.15) is 19.6 Å². The Labute approximate surface area is 149 Å². The van der Waals surface area contributed by atoms with E-state index in [1.807, 2.05) is 0 Å². The average molecular weight is 394 g/mol. The molecule has 0 saturated carbocycles. The monoisotopic (exact) mass is 394 g/mol. The SMILES string of the molecule is COCCCOP(=O)(O)OCC1OC(n2ccc(=O)[nH]c2=O)C(C)C1O. The molecule has 0 radical (unpaired) electrons. The molecule has 0 amide bonds. The van der Waals surface area contributed by atoms with Crippen LogP contribution in [-0.2, 0) is 23.1 Å². The molecule has 1 aromatic heterocycles. The van der Waals surface area contributed by atoms with Gasteiger partial charge in [0.1, 0.15) is 12.3 Å². The number of aromatic amines is 1. The first-order valence-electron chi connectivity index (χ1n) is 8.01. The van der Waals surface area contributed by atoms with Crippen molar-refractivity contribution in [3.05, 3.63) is 33.1 Å². The van der Waals surface area contributed by atoms with Crippen molar-refractivity contribution in [2.24, 2.45) is 5.92 Å². The predicted octanol–water partition coefficient (Wildman–Crippen LogP) is -0.399. The second-order valence-electron chi connectivity index (χ2n) is 5.88. The highest BCUT2D eigenvalue weighted by Gasteiger charge is 2.43. The summed E-state index contributed by atoms with van der Waals surface area (Å²) < 4.78 is 33.0. The Morgan fingerprint density at radius 2 is 2.08 bits per heavy atom. The van der Waals surface area contributed by atoms with Crippen molar-refractivity contribution in [1.29, 1.82) is 0 Å². The number of aromatic nitrogens is 2. The minimum atomic E-state index is -4.30. The number of ether oxygens (including phenoxy) is 2. The van der Waals surface area contributed by atoms with Gasteiger partial charge in [-0.2, -0.15) is 0 Å². The van der Waals surface area contributed by atoms with Crippen LogP contribution < -0.4 is 11.2 Å². The van der Waals surface area contributed by atoms with E-state index < -0.39 is 50.0 Å². The van der Waals surface area contributed by atoms with E-state index in [4.69, 9.17) is 18.5 Å². The van der Waals surface area contributed by atoms with Crippen molar-refractivity contribution in [3.8, 4) is 0 Å². The normalized spacial score (nSPS) is 28.2. The van der Waals surface area contributed by atoms with Crippen LogP contribution in [0.15, 0.2) is 21.9 Å². The summed E-state index contributed by atoms with van der Waals surface area (Å²) >= 11 is 0. The molecule has 0 spiro atoms. The number of hydrogen-bond acceptors (Lipinski definition) is 8. The molecule has 1 aromatic rings. The largest absolute Gasteiger partial charge is 0.472 e. The minimum Gasteiger partial charge on any atom is -0.390 e. The van der Waals surface area contributed by atoms with E-state index in [0.717, 1.165) is 10.6 Å². The van der Waals surface area contributed by atoms with Gasteiger partial charge in [0.25, 0.3) is 5.56 Å². The minimum absolute atomic E-state index is 0.0263. The summed E-state index contributed by atoms with van der Waals surface area (Å²) in [6.45, 7) is 1.59. The van der Waals surface area contributed by atoms with Crippen LogP contribution in [0, 0.1) is 5.92 Å². The van der Waals surface area contributed by atoms with Crippen LogP contribution in [0.25, 0.3) is 0 Å². The maximum absolute atomic E-state index is 11.9. The molecule has 26 heavy (non-hydrogen) atoms.